The van der Waals surface area contributed by atoms with Crippen molar-refractivity contribution in [2.24, 2.45) is 0 Å². The fourth-order valence-electron chi connectivity index (χ4n) is 3.29. The van der Waals surface area contributed by atoms with Crippen LogP contribution in [0.4, 0.5) is 10.1 Å². The zero-order valence-electron chi connectivity index (χ0n) is 17.5. The second-order valence-corrected chi connectivity index (χ2v) is 9.20. The third-order valence-corrected chi connectivity index (χ3v) is 6.66. The molecule has 31 heavy (non-hydrogen) atoms. The van der Waals surface area contributed by atoms with Gasteiger partial charge in [-0.3, -0.25) is 9.10 Å². The number of benzene rings is 3. The minimum Gasteiger partial charge on any atom is -0.354 e. The molecule has 0 atom stereocenters. The van der Waals surface area contributed by atoms with Gasteiger partial charge in [0, 0.05) is 6.54 Å². The summed E-state index contributed by atoms with van der Waals surface area (Å²) in [5.41, 5.74) is 3.11. The van der Waals surface area contributed by atoms with Crippen molar-refractivity contribution < 1.29 is 17.6 Å². The molecule has 0 saturated carbocycles. The molecule has 0 unspecified atom stereocenters. The Morgan fingerprint density at radius 3 is 2.29 bits per heavy atom. The van der Waals surface area contributed by atoms with Crippen LogP contribution >= 0.6 is 0 Å². The number of halogens is 1. The van der Waals surface area contributed by atoms with E-state index in [1.165, 1.54) is 24.3 Å². The van der Waals surface area contributed by atoms with E-state index in [4.69, 9.17) is 0 Å². The number of sulfonamides is 1. The standard InChI is InChI=1S/C24H25FN2O3S/c1-18-8-13-23(19(2)16-18)27(31(29,30)22-6-4-3-5-7-22)17-24(28)26-15-14-20-9-11-21(25)12-10-20/h3-13,16H,14-15,17H2,1-2H3,(H,26,28). The van der Waals surface area contributed by atoms with E-state index in [1.54, 1.807) is 36.4 Å². The quantitative estimate of drug-likeness (QED) is 0.576. The highest BCUT2D eigenvalue weighted by Crippen LogP contribution is 2.27. The summed E-state index contributed by atoms with van der Waals surface area (Å²) in [6, 6.07) is 19.5. The van der Waals surface area contributed by atoms with Gasteiger partial charge >= 0.3 is 0 Å². The first-order chi connectivity index (χ1) is 14.8. The smallest absolute Gasteiger partial charge is 0.264 e. The Morgan fingerprint density at radius 1 is 0.968 bits per heavy atom. The van der Waals surface area contributed by atoms with Crippen LogP contribution in [0.5, 0.6) is 0 Å². The first-order valence-corrected chi connectivity index (χ1v) is 11.4. The molecule has 5 nitrogen and oxygen atoms in total. The third-order valence-electron chi connectivity index (χ3n) is 4.89. The molecule has 0 saturated heterocycles. The van der Waals surface area contributed by atoms with Crippen molar-refractivity contribution in [1.82, 2.24) is 5.32 Å². The van der Waals surface area contributed by atoms with Gasteiger partial charge < -0.3 is 5.32 Å². The zero-order valence-corrected chi connectivity index (χ0v) is 18.3. The molecule has 3 rings (SSSR count). The number of hydrogen-bond acceptors (Lipinski definition) is 3. The lowest BCUT2D eigenvalue weighted by Gasteiger charge is -2.26. The van der Waals surface area contributed by atoms with Gasteiger partial charge in [0.2, 0.25) is 5.91 Å². The molecule has 0 spiro atoms. The Balaban J connectivity index is 1.79. The van der Waals surface area contributed by atoms with E-state index in [9.17, 15) is 17.6 Å². The van der Waals surface area contributed by atoms with Gasteiger partial charge in [-0.25, -0.2) is 12.8 Å². The van der Waals surface area contributed by atoms with E-state index in [1.807, 2.05) is 26.0 Å². The Kier molecular flexibility index (Phi) is 7.07. The van der Waals surface area contributed by atoms with Gasteiger partial charge in [0.1, 0.15) is 12.4 Å². The fraction of sp³-hybridized carbons (Fsp3) is 0.208. The van der Waals surface area contributed by atoms with Gasteiger partial charge in [-0.15, -0.1) is 0 Å². The van der Waals surface area contributed by atoms with Crippen LogP contribution in [-0.4, -0.2) is 27.4 Å². The second kappa shape index (κ2) is 9.75. The molecule has 0 aliphatic carbocycles. The molecule has 0 heterocycles. The average Bonchev–Trinajstić information content (AvgIpc) is 2.74. The summed E-state index contributed by atoms with van der Waals surface area (Å²) < 4.78 is 40.8. The molecule has 0 radical (unpaired) electrons. The summed E-state index contributed by atoms with van der Waals surface area (Å²) in [7, 11) is -3.94. The summed E-state index contributed by atoms with van der Waals surface area (Å²) in [6.07, 6.45) is 0.515. The summed E-state index contributed by atoms with van der Waals surface area (Å²) in [6.45, 7) is 3.72. The summed E-state index contributed by atoms with van der Waals surface area (Å²) in [4.78, 5) is 12.8. The van der Waals surface area contributed by atoms with Crippen molar-refractivity contribution >= 4 is 21.6 Å². The predicted molar refractivity (Wildman–Crippen MR) is 120 cm³/mol. The minimum atomic E-state index is -3.94. The van der Waals surface area contributed by atoms with Crippen LogP contribution in [0.25, 0.3) is 0 Å². The van der Waals surface area contributed by atoms with E-state index in [0.29, 0.717) is 18.7 Å². The van der Waals surface area contributed by atoms with Crippen LogP contribution < -0.4 is 9.62 Å². The molecule has 0 aromatic heterocycles. The number of amides is 1. The molecule has 3 aromatic rings. The second-order valence-electron chi connectivity index (χ2n) is 7.34. The van der Waals surface area contributed by atoms with Crippen molar-refractivity contribution in [3.05, 3.63) is 95.3 Å². The number of carbonyl (C=O) groups excluding carboxylic acids is 1. The van der Waals surface area contributed by atoms with Crippen molar-refractivity contribution in [3.8, 4) is 0 Å². The maximum atomic E-state index is 13.3. The van der Waals surface area contributed by atoms with Crippen LogP contribution in [-0.2, 0) is 21.2 Å². The predicted octanol–water partition coefficient (Wildman–Crippen LogP) is 4.00. The van der Waals surface area contributed by atoms with Crippen LogP contribution in [0.1, 0.15) is 16.7 Å². The molecule has 1 amide bonds. The summed E-state index contributed by atoms with van der Waals surface area (Å²) >= 11 is 0. The zero-order chi connectivity index (χ0) is 22.4. The fourth-order valence-corrected chi connectivity index (χ4v) is 4.79. The molecule has 7 heteroatoms. The maximum absolute atomic E-state index is 13.3. The normalized spacial score (nSPS) is 11.2. The molecular formula is C24H25FN2O3S. The monoisotopic (exact) mass is 440 g/mol. The highest BCUT2D eigenvalue weighted by Gasteiger charge is 2.28. The van der Waals surface area contributed by atoms with Crippen molar-refractivity contribution in [1.29, 1.82) is 0 Å². The van der Waals surface area contributed by atoms with Gasteiger partial charge in [0.05, 0.1) is 10.6 Å². The average molecular weight is 441 g/mol. The van der Waals surface area contributed by atoms with Crippen molar-refractivity contribution in [2.75, 3.05) is 17.4 Å². The van der Waals surface area contributed by atoms with Crippen LogP contribution in [0.2, 0.25) is 0 Å². The van der Waals surface area contributed by atoms with E-state index in [-0.39, 0.29) is 17.3 Å². The molecule has 1 N–H and O–H groups in total. The number of hydrogen-bond donors (Lipinski definition) is 1. The Bertz CT molecular complexity index is 1150. The lowest BCUT2D eigenvalue weighted by molar-refractivity contribution is -0.119. The van der Waals surface area contributed by atoms with Crippen LogP contribution in [0.15, 0.2) is 77.7 Å². The summed E-state index contributed by atoms with van der Waals surface area (Å²) in [5.74, 6) is -0.732. The maximum Gasteiger partial charge on any atom is 0.264 e. The molecule has 0 fully saturated rings. The topological polar surface area (TPSA) is 66.5 Å². The Labute approximate surface area is 182 Å². The molecule has 0 aliphatic heterocycles. The van der Waals surface area contributed by atoms with Gasteiger partial charge in [-0.2, -0.15) is 0 Å². The Hall–Kier alpha value is -3.19. The van der Waals surface area contributed by atoms with Crippen molar-refractivity contribution in [3.63, 3.8) is 0 Å². The van der Waals surface area contributed by atoms with Crippen LogP contribution in [0, 0.1) is 19.7 Å². The lowest BCUT2D eigenvalue weighted by atomic mass is 10.1. The molecule has 0 bridgehead atoms. The molecule has 3 aromatic carbocycles. The number of rotatable bonds is 8. The largest absolute Gasteiger partial charge is 0.354 e. The van der Waals surface area contributed by atoms with E-state index in [0.717, 1.165) is 21.0 Å². The number of anilines is 1. The van der Waals surface area contributed by atoms with Gasteiger partial charge in [0.25, 0.3) is 10.0 Å². The van der Waals surface area contributed by atoms with E-state index >= 15 is 0 Å². The molecule has 0 aliphatic rings. The van der Waals surface area contributed by atoms with Gasteiger partial charge in [0.15, 0.2) is 0 Å². The lowest BCUT2D eigenvalue weighted by Crippen LogP contribution is -2.41. The van der Waals surface area contributed by atoms with Crippen molar-refractivity contribution in [2.45, 2.75) is 25.2 Å². The van der Waals surface area contributed by atoms with Gasteiger partial charge in [-0.05, 0) is 61.7 Å². The number of aryl methyl sites for hydroxylation is 2. The highest BCUT2D eigenvalue weighted by molar-refractivity contribution is 7.92. The number of nitrogens with one attached hydrogen (secondary N) is 1. The summed E-state index contributed by atoms with van der Waals surface area (Å²) in [5, 5.41) is 2.76. The molecular weight excluding hydrogens is 415 g/mol. The van der Waals surface area contributed by atoms with E-state index in [2.05, 4.69) is 5.32 Å². The van der Waals surface area contributed by atoms with Crippen LogP contribution in [0.3, 0.4) is 0 Å². The minimum absolute atomic E-state index is 0.120. The number of nitrogens with zero attached hydrogens (tertiary/aromatic N) is 1. The molecule has 162 valence electrons. The van der Waals surface area contributed by atoms with E-state index < -0.39 is 15.9 Å². The SMILES string of the molecule is Cc1ccc(N(CC(=O)NCCc2ccc(F)cc2)S(=O)(=O)c2ccccc2)c(C)c1. The highest BCUT2D eigenvalue weighted by atomic mass is 32.2. The number of carbonyl (C=O) groups is 1. The first kappa shape index (κ1) is 22.5. The first-order valence-electron chi connectivity index (χ1n) is 9.93. The third kappa shape index (κ3) is 5.70. The van der Waals surface area contributed by atoms with Gasteiger partial charge in [-0.1, -0.05) is 48.0 Å². The Morgan fingerprint density at radius 2 is 1.65 bits per heavy atom.